The SMILES string of the molecule is CN1CCN(c2ccc(CNC(=O)CSc3ccc(F)cc3)cn2)CC1. The lowest BCUT2D eigenvalue weighted by atomic mass is 10.2. The van der Waals surface area contributed by atoms with Gasteiger partial charge in [-0.1, -0.05) is 6.07 Å². The normalized spacial score (nSPS) is 15.1. The highest BCUT2D eigenvalue weighted by atomic mass is 32.2. The number of aromatic nitrogens is 1. The van der Waals surface area contributed by atoms with Crippen LogP contribution in [-0.2, 0) is 11.3 Å². The van der Waals surface area contributed by atoms with Gasteiger partial charge in [-0.25, -0.2) is 9.37 Å². The number of hydrogen-bond acceptors (Lipinski definition) is 5. The molecule has 1 aliphatic heterocycles. The molecule has 0 spiro atoms. The van der Waals surface area contributed by atoms with E-state index in [1.807, 2.05) is 18.3 Å². The van der Waals surface area contributed by atoms with Crippen molar-refractivity contribution in [1.82, 2.24) is 15.2 Å². The zero-order valence-electron chi connectivity index (χ0n) is 14.8. The average molecular weight is 374 g/mol. The summed E-state index contributed by atoms with van der Waals surface area (Å²) in [6.07, 6.45) is 1.82. The molecule has 26 heavy (non-hydrogen) atoms. The van der Waals surface area contributed by atoms with Crippen LogP contribution in [0.2, 0.25) is 0 Å². The molecule has 1 aromatic carbocycles. The van der Waals surface area contributed by atoms with Crippen LogP contribution in [0.4, 0.5) is 10.2 Å². The Bertz CT molecular complexity index is 715. The van der Waals surface area contributed by atoms with Gasteiger partial charge in [0, 0.05) is 43.8 Å². The molecule has 0 aliphatic carbocycles. The number of likely N-dealkylation sites (N-methyl/N-ethyl adjacent to an activating group) is 1. The number of nitrogens with one attached hydrogen (secondary N) is 1. The summed E-state index contributed by atoms with van der Waals surface area (Å²) in [5.41, 5.74) is 0.975. The highest BCUT2D eigenvalue weighted by Crippen LogP contribution is 2.18. The van der Waals surface area contributed by atoms with Crippen LogP contribution >= 0.6 is 11.8 Å². The third-order valence-electron chi connectivity index (χ3n) is 4.31. The first-order valence-corrected chi connectivity index (χ1v) is 9.62. The second kappa shape index (κ2) is 9.00. The lowest BCUT2D eigenvalue weighted by Gasteiger charge is -2.33. The first-order chi connectivity index (χ1) is 12.6. The lowest BCUT2D eigenvalue weighted by molar-refractivity contribution is -0.118. The standard InChI is InChI=1S/C19H23FN4OS/c1-23-8-10-24(11-9-23)18-7-2-15(12-21-18)13-22-19(25)14-26-17-5-3-16(20)4-6-17/h2-7,12H,8-11,13-14H2,1H3,(H,22,25). The topological polar surface area (TPSA) is 48.5 Å². The maximum Gasteiger partial charge on any atom is 0.230 e. The van der Waals surface area contributed by atoms with Crippen molar-refractivity contribution in [1.29, 1.82) is 0 Å². The van der Waals surface area contributed by atoms with Crippen molar-refractivity contribution in [2.75, 3.05) is 43.9 Å². The predicted octanol–water partition coefficient (Wildman–Crippen LogP) is 2.38. The summed E-state index contributed by atoms with van der Waals surface area (Å²) in [6.45, 7) is 4.52. The zero-order valence-corrected chi connectivity index (χ0v) is 15.6. The number of rotatable bonds is 6. The van der Waals surface area contributed by atoms with Crippen LogP contribution in [0.15, 0.2) is 47.5 Å². The quantitative estimate of drug-likeness (QED) is 0.787. The summed E-state index contributed by atoms with van der Waals surface area (Å²) in [4.78, 5) is 21.9. The number of thioether (sulfide) groups is 1. The van der Waals surface area contributed by atoms with Gasteiger partial charge in [0.1, 0.15) is 11.6 Å². The third-order valence-corrected chi connectivity index (χ3v) is 5.32. The van der Waals surface area contributed by atoms with Crippen molar-refractivity contribution in [3.8, 4) is 0 Å². The molecule has 3 rings (SSSR count). The fourth-order valence-corrected chi connectivity index (χ4v) is 3.40. The first-order valence-electron chi connectivity index (χ1n) is 8.63. The number of hydrogen-bond donors (Lipinski definition) is 1. The van der Waals surface area contributed by atoms with Crippen molar-refractivity contribution >= 4 is 23.5 Å². The fraction of sp³-hybridized carbons (Fsp3) is 0.368. The molecule has 5 nitrogen and oxygen atoms in total. The number of carbonyl (C=O) groups excluding carboxylic acids is 1. The van der Waals surface area contributed by atoms with Gasteiger partial charge in [-0.05, 0) is 42.9 Å². The number of piperazine rings is 1. The third kappa shape index (κ3) is 5.44. The molecule has 138 valence electrons. The molecule has 0 saturated carbocycles. The van der Waals surface area contributed by atoms with Crippen LogP contribution in [0.3, 0.4) is 0 Å². The van der Waals surface area contributed by atoms with Gasteiger partial charge in [0.05, 0.1) is 5.75 Å². The minimum atomic E-state index is -0.272. The Labute approximate surface area is 157 Å². The van der Waals surface area contributed by atoms with Crippen LogP contribution in [0.25, 0.3) is 0 Å². The Morgan fingerprint density at radius 3 is 2.54 bits per heavy atom. The summed E-state index contributed by atoms with van der Waals surface area (Å²) >= 11 is 1.39. The van der Waals surface area contributed by atoms with E-state index in [9.17, 15) is 9.18 Å². The van der Waals surface area contributed by atoms with Crippen LogP contribution in [0, 0.1) is 5.82 Å². The highest BCUT2D eigenvalue weighted by molar-refractivity contribution is 8.00. The number of anilines is 1. The van der Waals surface area contributed by atoms with Gasteiger partial charge >= 0.3 is 0 Å². The average Bonchev–Trinajstić information content (AvgIpc) is 2.67. The number of nitrogens with zero attached hydrogens (tertiary/aromatic N) is 3. The molecule has 1 N–H and O–H groups in total. The zero-order chi connectivity index (χ0) is 18.4. The summed E-state index contributed by atoms with van der Waals surface area (Å²) in [7, 11) is 2.13. The lowest BCUT2D eigenvalue weighted by Crippen LogP contribution is -2.44. The monoisotopic (exact) mass is 374 g/mol. The van der Waals surface area contributed by atoms with Crippen molar-refractivity contribution in [3.63, 3.8) is 0 Å². The first kappa shape index (κ1) is 18.7. The van der Waals surface area contributed by atoms with E-state index in [1.54, 1.807) is 12.1 Å². The maximum absolute atomic E-state index is 12.9. The molecule has 2 aromatic rings. The van der Waals surface area contributed by atoms with Crippen LogP contribution in [0.1, 0.15) is 5.56 Å². The van der Waals surface area contributed by atoms with Crippen molar-refractivity contribution in [2.45, 2.75) is 11.4 Å². The molecule has 1 fully saturated rings. The van der Waals surface area contributed by atoms with E-state index in [0.717, 1.165) is 42.5 Å². The maximum atomic E-state index is 12.9. The van der Waals surface area contributed by atoms with E-state index in [0.29, 0.717) is 12.3 Å². The Morgan fingerprint density at radius 1 is 1.15 bits per heavy atom. The Balaban J connectivity index is 1.42. The summed E-state index contributed by atoms with van der Waals surface area (Å²) in [5, 5.41) is 2.89. The van der Waals surface area contributed by atoms with E-state index in [2.05, 4.69) is 27.1 Å². The van der Waals surface area contributed by atoms with Crippen molar-refractivity contribution < 1.29 is 9.18 Å². The van der Waals surface area contributed by atoms with Crippen LogP contribution in [0.5, 0.6) is 0 Å². The summed E-state index contributed by atoms with van der Waals surface area (Å²) in [6, 6.07) is 10.2. The van der Waals surface area contributed by atoms with Crippen molar-refractivity contribution in [3.05, 3.63) is 54.0 Å². The minimum absolute atomic E-state index is 0.0533. The smallest absolute Gasteiger partial charge is 0.230 e. The summed E-state index contributed by atoms with van der Waals surface area (Å²) in [5.74, 6) is 0.965. The van der Waals surface area contributed by atoms with Gasteiger partial charge in [0.25, 0.3) is 0 Å². The molecule has 1 aromatic heterocycles. The molecule has 0 radical (unpaired) electrons. The Kier molecular flexibility index (Phi) is 6.46. The largest absolute Gasteiger partial charge is 0.354 e. The number of carbonyl (C=O) groups is 1. The molecule has 0 unspecified atom stereocenters. The number of amides is 1. The predicted molar refractivity (Wildman–Crippen MR) is 103 cm³/mol. The Morgan fingerprint density at radius 2 is 1.88 bits per heavy atom. The van der Waals surface area contributed by atoms with Crippen LogP contribution < -0.4 is 10.2 Å². The van der Waals surface area contributed by atoms with Gasteiger partial charge in [-0.15, -0.1) is 11.8 Å². The molecule has 0 atom stereocenters. The van der Waals surface area contributed by atoms with Gasteiger partial charge in [0.2, 0.25) is 5.91 Å². The van der Waals surface area contributed by atoms with E-state index in [1.165, 1.54) is 23.9 Å². The minimum Gasteiger partial charge on any atom is -0.354 e. The number of pyridine rings is 1. The van der Waals surface area contributed by atoms with Gasteiger partial charge in [0.15, 0.2) is 0 Å². The molecule has 1 aliphatic rings. The molecule has 2 heterocycles. The van der Waals surface area contributed by atoms with Crippen LogP contribution in [-0.4, -0.2) is 54.8 Å². The van der Waals surface area contributed by atoms with E-state index in [-0.39, 0.29) is 11.7 Å². The Hall–Kier alpha value is -2.12. The molecular formula is C19H23FN4OS. The molecule has 1 saturated heterocycles. The molecule has 1 amide bonds. The number of benzene rings is 1. The second-order valence-electron chi connectivity index (χ2n) is 6.33. The fourth-order valence-electron chi connectivity index (χ4n) is 2.68. The van der Waals surface area contributed by atoms with E-state index in [4.69, 9.17) is 0 Å². The highest BCUT2D eigenvalue weighted by Gasteiger charge is 2.15. The van der Waals surface area contributed by atoms with Gasteiger partial charge < -0.3 is 15.1 Å². The second-order valence-corrected chi connectivity index (χ2v) is 7.38. The molecule has 0 bridgehead atoms. The molecule has 7 heteroatoms. The van der Waals surface area contributed by atoms with E-state index >= 15 is 0 Å². The van der Waals surface area contributed by atoms with E-state index < -0.39 is 0 Å². The number of halogens is 1. The van der Waals surface area contributed by atoms with Crippen molar-refractivity contribution in [2.24, 2.45) is 0 Å². The van der Waals surface area contributed by atoms with Gasteiger partial charge in [-0.2, -0.15) is 0 Å². The summed E-state index contributed by atoms with van der Waals surface area (Å²) < 4.78 is 12.9. The van der Waals surface area contributed by atoms with Gasteiger partial charge in [-0.3, -0.25) is 4.79 Å². The molecular weight excluding hydrogens is 351 g/mol.